The van der Waals surface area contributed by atoms with Gasteiger partial charge in [-0.1, -0.05) is 115 Å². The topological polar surface area (TPSA) is 49.6 Å². The van der Waals surface area contributed by atoms with Crippen LogP contribution in [0, 0.1) is 11.3 Å². The number of hydrogen-bond acceptors (Lipinski definition) is 4. The Balaban J connectivity index is 1.09. The maximum atomic E-state index is 10.3. The molecule has 2 heterocycles. The highest BCUT2D eigenvalue weighted by atomic mass is 32.1. The lowest BCUT2D eigenvalue weighted by Crippen LogP contribution is -1.96. The molecule has 11 rings (SSSR count). The molecule has 4 heteroatoms. The van der Waals surface area contributed by atoms with Gasteiger partial charge < -0.3 is 0 Å². The molecule has 2 aromatic heterocycles. The van der Waals surface area contributed by atoms with Crippen molar-refractivity contribution in [3.8, 4) is 51.0 Å². The van der Waals surface area contributed by atoms with Crippen molar-refractivity contribution in [3.05, 3.63) is 169 Å². The van der Waals surface area contributed by atoms with Crippen molar-refractivity contribution in [1.29, 1.82) is 5.26 Å². The molecular formula is C49H27N3S. The van der Waals surface area contributed by atoms with Crippen LogP contribution in [0.1, 0.15) is 5.56 Å². The fourth-order valence-corrected chi connectivity index (χ4v) is 9.37. The monoisotopic (exact) mass is 689 g/mol. The molecule has 0 radical (unpaired) electrons. The van der Waals surface area contributed by atoms with E-state index in [1.165, 1.54) is 41.7 Å². The predicted molar refractivity (Wildman–Crippen MR) is 223 cm³/mol. The van der Waals surface area contributed by atoms with E-state index in [4.69, 9.17) is 9.97 Å². The van der Waals surface area contributed by atoms with Gasteiger partial charge in [-0.2, -0.15) is 5.26 Å². The zero-order chi connectivity index (χ0) is 35.0. The van der Waals surface area contributed by atoms with Crippen molar-refractivity contribution in [3.63, 3.8) is 0 Å². The molecule has 0 atom stereocenters. The molecule has 0 amide bonds. The molecule has 3 nitrogen and oxygen atoms in total. The molecule has 0 unspecified atom stereocenters. The summed E-state index contributed by atoms with van der Waals surface area (Å²) in [6, 6.07) is 60.0. The van der Waals surface area contributed by atoms with Crippen LogP contribution in [-0.4, -0.2) is 9.97 Å². The van der Waals surface area contributed by atoms with E-state index in [2.05, 4.69) is 140 Å². The maximum Gasteiger partial charge on any atom is 0.160 e. The van der Waals surface area contributed by atoms with E-state index in [0.29, 0.717) is 11.4 Å². The third kappa shape index (κ3) is 4.65. The molecule has 244 valence electrons. The summed E-state index contributed by atoms with van der Waals surface area (Å²) in [5.41, 5.74) is 8.52. The second-order valence-corrected chi connectivity index (χ2v) is 14.7. The molecule has 0 N–H and O–H groups in total. The van der Waals surface area contributed by atoms with Gasteiger partial charge >= 0.3 is 0 Å². The molecule has 0 saturated heterocycles. The lowest BCUT2D eigenvalue weighted by atomic mass is 9.90. The van der Waals surface area contributed by atoms with Gasteiger partial charge in [-0.15, -0.1) is 11.3 Å². The summed E-state index contributed by atoms with van der Waals surface area (Å²) >= 11 is 1.84. The van der Waals surface area contributed by atoms with Gasteiger partial charge in [-0.3, -0.25) is 0 Å². The molecule has 11 aromatic rings. The average Bonchev–Trinajstić information content (AvgIpc) is 3.62. The van der Waals surface area contributed by atoms with Gasteiger partial charge in [-0.05, 0) is 97.7 Å². The van der Waals surface area contributed by atoms with Crippen molar-refractivity contribution in [2.45, 2.75) is 0 Å². The van der Waals surface area contributed by atoms with Crippen LogP contribution in [0.3, 0.4) is 0 Å². The zero-order valence-corrected chi connectivity index (χ0v) is 29.2. The van der Waals surface area contributed by atoms with E-state index in [-0.39, 0.29) is 0 Å². The second kappa shape index (κ2) is 11.5. The molecule has 9 aromatic carbocycles. The molecule has 53 heavy (non-hydrogen) atoms. The normalized spacial score (nSPS) is 11.8. The number of hydrogen-bond donors (Lipinski definition) is 0. The summed E-state index contributed by atoms with van der Waals surface area (Å²) < 4.78 is 2.56. The smallest absolute Gasteiger partial charge is 0.160 e. The maximum absolute atomic E-state index is 10.3. The van der Waals surface area contributed by atoms with Gasteiger partial charge in [0.25, 0.3) is 0 Å². The lowest BCUT2D eigenvalue weighted by molar-refractivity contribution is 1.23. The third-order valence-corrected chi connectivity index (χ3v) is 11.7. The van der Waals surface area contributed by atoms with Crippen molar-refractivity contribution in [1.82, 2.24) is 9.97 Å². The fourth-order valence-electron chi connectivity index (χ4n) is 8.17. The first-order chi connectivity index (χ1) is 26.2. The number of thiophene rings is 1. The van der Waals surface area contributed by atoms with Gasteiger partial charge in [0.2, 0.25) is 0 Å². The molecular weight excluding hydrogens is 663 g/mol. The van der Waals surface area contributed by atoms with E-state index in [9.17, 15) is 5.26 Å². The third-order valence-electron chi connectivity index (χ3n) is 10.6. The summed E-state index contributed by atoms with van der Waals surface area (Å²) in [4.78, 5) is 10.4. The zero-order valence-electron chi connectivity index (χ0n) is 28.3. The van der Waals surface area contributed by atoms with Crippen molar-refractivity contribution >= 4 is 74.7 Å². The Hall–Kier alpha value is -6.93. The summed E-state index contributed by atoms with van der Waals surface area (Å²) in [5.74, 6) is 0.665. The first-order valence-electron chi connectivity index (χ1n) is 17.7. The van der Waals surface area contributed by atoms with Gasteiger partial charge in [0.1, 0.15) is 0 Å². The summed E-state index contributed by atoms with van der Waals surface area (Å²) in [7, 11) is 0. The van der Waals surface area contributed by atoms with E-state index in [1.54, 1.807) is 0 Å². The van der Waals surface area contributed by atoms with Gasteiger partial charge in [0, 0.05) is 42.1 Å². The Morgan fingerprint density at radius 2 is 1.06 bits per heavy atom. The highest BCUT2D eigenvalue weighted by Gasteiger charge is 2.18. The summed E-state index contributed by atoms with van der Waals surface area (Å²) in [6.07, 6.45) is 0. The Bertz CT molecular complexity index is 3300. The minimum absolute atomic E-state index is 0.621. The molecule has 0 aliphatic heterocycles. The molecule has 0 bridgehead atoms. The van der Waals surface area contributed by atoms with E-state index >= 15 is 0 Å². The van der Waals surface area contributed by atoms with Crippen molar-refractivity contribution in [2.75, 3.05) is 0 Å². The predicted octanol–water partition coefficient (Wildman–Crippen LogP) is 13.4. The Morgan fingerprint density at radius 1 is 0.415 bits per heavy atom. The number of rotatable bonds is 4. The van der Waals surface area contributed by atoms with Crippen LogP contribution in [0.15, 0.2) is 164 Å². The average molecular weight is 690 g/mol. The van der Waals surface area contributed by atoms with Crippen LogP contribution >= 0.6 is 11.3 Å². The van der Waals surface area contributed by atoms with Crippen LogP contribution in [0.2, 0.25) is 0 Å². The minimum Gasteiger partial charge on any atom is -0.227 e. The van der Waals surface area contributed by atoms with Crippen LogP contribution in [-0.2, 0) is 0 Å². The summed E-state index contributed by atoms with van der Waals surface area (Å²) in [5, 5.41) is 21.3. The molecule has 0 aliphatic carbocycles. The number of aromatic nitrogens is 2. The molecule has 0 fully saturated rings. The van der Waals surface area contributed by atoms with Gasteiger partial charge in [0.15, 0.2) is 5.82 Å². The largest absolute Gasteiger partial charge is 0.227 e. The SMILES string of the molecule is N#Cc1cc(-c2cccc(-c3nc(-c4ccccc4)c4ccc5ccccc5c4n3)c2)cc(-c2cc3sc4cccc5c6ccccc6c(c2)c3c45)c1. The van der Waals surface area contributed by atoms with E-state index < -0.39 is 0 Å². The number of fused-ring (bicyclic) bond motifs is 6. The fraction of sp³-hybridized carbons (Fsp3) is 0. The Labute approximate surface area is 309 Å². The summed E-state index contributed by atoms with van der Waals surface area (Å²) in [6.45, 7) is 0. The van der Waals surface area contributed by atoms with Crippen molar-refractivity contribution in [2.24, 2.45) is 0 Å². The number of nitrogens with zero attached hydrogens (tertiary/aromatic N) is 3. The lowest BCUT2D eigenvalue weighted by Gasteiger charge is -2.13. The van der Waals surface area contributed by atoms with Gasteiger partial charge in [-0.25, -0.2) is 9.97 Å². The highest BCUT2D eigenvalue weighted by Crippen LogP contribution is 2.47. The molecule has 0 aliphatic rings. The van der Waals surface area contributed by atoms with Gasteiger partial charge in [0.05, 0.1) is 22.8 Å². The van der Waals surface area contributed by atoms with Crippen LogP contribution in [0.25, 0.3) is 108 Å². The number of benzene rings is 9. The Kier molecular flexibility index (Phi) is 6.48. The first-order valence-corrected chi connectivity index (χ1v) is 18.5. The van der Waals surface area contributed by atoms with Crippen LogP contribution in [0.5, 0.6) is 0 Å². The number of nitriles is 1. The minimum atomic E-state index is 0.621. The van der Waals surface area contributed by atoms with E-state index in [1.807, 2.05) is 41.7 Å². The van der Waals surface area contributed by atoms with Crippen LogP contribution in [0.4, 0.5) is 0 Å². The highest BCUT2D eigenvalue weighted by molar-refractivity contribution is 7.26. The quantitative estimate of drug-likeness (QED) is 0.173. The standard InChI is InChI=1S/C49H27N3S/c50-28-29-22-34(25-35(23-29)36-26-42-39-17-7-6-16-38(39)40-18-9-19-43-45(40)46(42)44(27-36)53-43)32-13-8-14-33(24-32)49-51-47(31-11-2-1-3-12-31)41-21-20-30-10-4-5-15-37(30)48(41)52-49/h1-27H. The molecule has 0 saturated carbocycles. The van der Waals surface area contributed by atoms with E-state index in [0.717, 1.165) is 60.8 Å². The van der Waals surface area contributed by atoms with Crippen molar-refractivity contribution < 1.29 is 0 Å². The first kappa shape index (κ1) is 29.8. The Morgan fingerprint density at radius 3 is 1.91 bits per heavy atom. The molecule has 0 spiro atoms. The van der Waals surface area contributed by atoms with Crippen LogP contribution < -0.4 is 0 Å². The second-order valence-electron chi connectivity index (χ2n) is 13.7.